The van der Waals surface area contributed by atoms with Gasteiger partial charge in [-0.25, -0.2) is 4.79 Å². The van der Waals surface area contributed by atoms with Gasteiger partial charge in [0.1, 0.15) is 6.04 Å². The van der Waals surface area contributed by atoms with Crippen molar-refractivity contribution in [3.05, 3.63) is 0 Å². The third-order valence-corrected chi connectivity index (χ3v) is 3.61. The van der Waals surface area contributed by atoms with E-state index < -0.39 is 12.0 Å². The van der Waals surface area contributed by atoms with Crippen LogP contribution in [0.15, 0.2) is 0 Å². The second-order valence-corrected chi connectivity index (χ2v) is 5.56. The maximum Gasteiger partial charge on any atom is 0.327 e. The lowest BCUT2D eigenvalue weighted by Crippen LogP contribution is -2.48. The first-order chi connectivity index (χ1) is 9.86. The predicted octanol–water partition coefficient (Wildman–Crippen LogP) is 0.474. The van der Waals surface area contributed by atoms with Crippen molar-refractivity contribution in [3.63, 3.8) is 0 Å². The number of aliphatic carboxylic acids is 1. The summed E-state index contributed by atoms with van der Waals surface area (Å²) in [7, 11) is 0. The van der Waals surface area contributed by atoms with Crippen molar-refractivity contribution in [1.29, 1.82) is 0 Å². The smallest absolute Gasteiger partial charge is 0.327 e. The van der Waals surface area contributed by atoms with Crippen LogP contribution in [0, 0.1) is 24.2 Å². The van der Waals surface area contributed by atoms with Gasteiger partial charge in [0.2, 0.25) is 11.8 Å². The number of likely N-dealkylation sites (tertiary alicyclic amines) is 1. The van der Waals surface area contributed by atoms with Gasteiger partial charge >= 0.3 is 5.97 Å². The zero-order valence-electron chi connectivity index (χ0n) is 12.5. The summed E-state index contributed by atoms with van der Waals surface area (Å²) in [5.74, 6) is 0.587. The number of hydrogen-bond acceptors (Lipinski definition) is 3. The molecular formula is C15H22N2O4. The van der Waals surface area contributed by atoms with Gasteiger partial charge in [-0.05, 0) is 12.8 Å². The van der Waals surface area contributed by atoms with Gasteiger partial charge in [-0.2, -0.15) is 0 Å². The molecule has 1 aliphatic rings. The predicted molar refractivity (Wildman–Crippen MR) is 77.2 cm³/mol. The first-order valence-corrected chi connectivity index (χ1v) is 7.12. The quantitative estimate of drug-likeness (QED) is 0.722. The Morgan fingerprint density at radius 2 is 1.90 bits per heavy atom. The number of amides is 2. The second-order valence-electron chi connectivity index (χ2n) is 5.56. The molecule has 0 spiro atoms. The number of carboxylic acids is 1. The molecule has 21 heavy (non-hydrogen) atoms. The van der Waals surface area contributed by atoms with Crippen molar-refractivity contribution in [2.75, 3.05) is 13.1 Å². The van der Waals surface area contributed by atoms with Crippen LogP contribution in [0.25, 0.3) is 0 Å². The molecule has 2 N–H and O–H groups in total. The van der Waals surface area contributed by atoms with Crippen molar-refractivity contribution >= 4 is 17.8 Å². The molecule has 6 nitrogen and oxygen atoms in total. The summed E-state index contributed by atoms with van der Waals surface area (Å²) in [6.45, 7) is 4.75. The Bertz CT molecular complexity index is 445. The van der Waals surface area contributed by atoms with Gasteiger partial charge in [0.25, 0.3) is 0 Å². The Morgan fingerprint density at radius 1 is 1.33 bits per heavy atom. The van der Waals surface area contributed by atoms with E-state index in [4.69, 9.17) is 11.5 Å². The van der Waals surface area contributed by atoms with E-state index in [9.17, 15) is 14.4 Å². The summed E-state index contributed by atoms with van der Waals surface area (Å²) >= 11 is 0. The third kappa shape index (κ3) is 4.78. The van der Waals surface area contributed by atoms with Crippen molar-refractivity contribution in [1.82, 2.24) is 10.2 Å². The van der Waals surface area contributed by atoms with E-state index in [2.05, 4.69) is 11.2 Å². The fraction of sp³-hybridized carbons (Fsp3) is 0.667. The lowest BCUT2D eigenvalue weighted by Gasteiger charge is -2.32. The minimum absolute atomic E-state index is 0.0360. The fourth-order valence-electron chi connectivity index (χ4n) is 2.33. The summed E-state index contributed by atoms with van der Waals surface area (Å²) in [5, 5.41) is 11.4. The molecule has 1 unspecified atom stereocenters. The van der Waals surface area contributed by atoms with E-state index in [0.29, 0.717) is 25.9 Å². The highest BCUT2D eigenvalue weighted by atomic mass is 16.4. The molecule has 1 rings (SSSR count). The maximum absolute atomic E-state index is 12.1. The Kier molecular flexibility index (Phi) is 6.22. The van der Waals surface area contributed by atoms with E-state index in [1.165, 1.54) is 0 Å². The largest absolute Gasteiger partial charge is 0.480 e. The van der Waals surface area contributed by atoms with Crippen molar-refractivity contribution in [3.8, 4) is 12.3 Å². The summed E-state index contributed by atoms with van der Waals surface area (Å²) in [6, 6.07) is -1.04. The van der Waals surface area contributed by atoms with Gasteiger partial charge in [0.15, 0.2) is 0 Å². The molecule has 1 fully saturated rings. The average Bonchev–Trinajstić information content (AvgIpc) is 2.45. The Hall–Kier alpha value is -2.03. The number of terminal acetylenes is 1. The van der Waals surface area contributed by atoms with Crippen LogP contribution in [0.3, 0.4) is 0 Å². The van der Waals surface area contributed by atoms with Crippen LogP contribution in [-0.4, -0.2) is 46.9 Å². The standard InChI is InChI=1S/C15H22N2O4/c1-4-5-12(15(20)21)16-13(18)11-6-8-17(9-7-11)14(19)10(2)3/h1,10-12H,5-9H2,2-3H3,(H,16,18)(H,20,21). The van der Waals surface area contributed by atoms with Crippen LogP contribution in [0.1, 0.15) is 33.1 Å². The molecule has 1 atom stereocenters. The number of carboxylic acid groups (broad SMARTS) is 1. The molecule has 1 saturated heterocycles. The van der Waals surface area contributed by atoms with Crippen LogP contribution in [0.2, 0.25) is 0 Å². The number of hydrogen-bond donors (Lipinski definition) is 2. The summed E-state index contributed by atoms with van der Waals surface area (Å²) in [5.41, 5.74) is 0. The Labute approximate surface area is 124 Å². The molecule has 0 saturated carbocycles. The van der Waals surface area contributed by atoms with Crippen molar-refractivity contribution < 1.29 is 19.5 Å². The van der Waals surface area contributed by atoms with E-state index in [-0.39, 0.29) is 30.1 Å². The molecule has 0 bridgehead atoms. The number of nitrogens with one attached hydrogen (secondary N) is 1. The van der Waals surface area contributed by atoms with Crippen LogP contribution in [0.5, 0.6) is 0 Å². The SMILES string of the molecule is C#CCC(NC(=O)C1CCN(C(=O)C(C)C)CC1)C(=O)O. The molecule has 0 radical (unpaired) electrons. The van der Waals surface area contributed by atoms with E-state index in [1.54, 1.807) is 4.90 Å². The van der Waals surface area contributed by atoms with Gasteiger partial charge in [-0.15, -0.1) is 12.3 Å². The monoisotopic (exact) mass is 294 g/mol. The molecule has 1 aliphatic heterocycles. The first-order valence-electron chi connectivity index (χ1n) is 7.12. The highest BCUT2D eigenvalue weighted by molar-refractivity contribution is 5.85. The number of carbonyl (C=O) groups excluding carboxylic acids is 2. The lowest BCUT2D eigenvalue weighted by molar-refractivity contribution is -0.143. The minimum atomic E-state index is -1.13. The van der Waals surface area contributed by atoms with Crippen LogP contribution < -0.4 is 5.32 Å². The molecule has 116 valence electrons. The number of nitrogens with zero attached hydrogens (tertiary/aromatic N) is 1. The van der Waals surface area contributed by atoms with E-state index in [1.807, 2.05) is 13.8 Å². The van der Waals surface area contributed by atoms with E-state index >= 15 is 0 Å². The maximum atomic E-state index is 12.1. The zero-order valence-corrected chi connectivity index (χ0v) is 12.5. The van der Waals surface area contributed by atoms with Gasteiger partial charge in [-0.1, -0.05) is 13.8 Å². The van der Waals surface area contributed by atoms with Crippen LogP contribution in [0.4, 0.5) is 0 Å². The molecular weight excluding hydrogens is 272 g/mol. The van der Waals surface area contributed by atoms with Gasteiger partial charge in [0.05, 0.1) is 0 Å². The third-order valence-electron chi connectivity index (χ3n) is 3.61. The molecule has 1 heterocycles. The first kappa shape index (κ1) is 17.0. The van der Waals surface area contributed by atoms with Crippen molar-refractivity contribution in [2.45, 2.75) is 39.2 Å². The van der Waals surface area contributed by atoms with Crippen LogP contribution in [-0.2, 0) is 14.4 Å². The highest BCUT2D eigenvalue weighted by Crippen LogP contribution is 2.19. The molecule has 2 amide bonds. The van der Waals surface area contributed by atoms with E-state index in [0.717, 1.165) is 0 Å². The number of piperidine rings is 1. The zero-order chi connectivity index (χ0) is 16.0. The minimum Gasteiger partial charge on any atom is -0.480 e. The van der Waals surface area contributed by atoms with Crippen LogP contribution >= 0.6 is 0 Å². The fourth-order valence-corrected chi connectivity index (χ4v) is 2.33. The number of rotatable bonds is 5. The summed E-state index contributed by atoms with van der Waals surface area (Å²) < 4.78 is 0. The topological polar surface area (TPSA) is 86.7 Å². The highest BCUT2D eigenvalue weighted by Gasteiger charge is 2.30. The Morgan fingerprint density at radius 3 is 2.33 bits per heavy atom. The van der Waals surface area contributed by atoms with Gasteiger partial charge < -0.3 is 15.3 Å². The van der Waals surface area contributed by atoms with Crippen molar-refractivity contribution in [2.24, 2.45) is 11.8 Å². The number of carbonyl (C=O) groups is 3. The molecule has 0 aliphatic carbocycles. The molecule has 0 aromatic heterocycles. The molecule has 6 heteroatoms. The lowest BCUT2D eigenvalue weighted by atomic mass is 9.94. The van der Waals surface area contributed by atoms with Gasteiger partial charge in [0, 0.05) is 31.3 Å². The summed E-state index contributed by atoms with van der Waals surface area (Å²) in [4.78, 5) is 36.6. The second kappa shape index (κ2) is 7.67. The molecule has 0 aromatic carbocycles. The summed E-state index contributed by atoms with van der Waals surface area (Å²) in [6.07, 6.45) is 6.15. The molecule has 0 aromatic rings. The Balaban J connectivity index is 2.50. The van der Waals surface area contributed by atoms with Gasteiger partial charge in [-0.3, -0.25) is 9.59 Å². The normalized spacial score (nSPS) is 17.1. The average molecular weight is 294 g/mol.